The van der Waals surface area contributed by atoms with Gasteiger partial charge in [0.2, 0.25) is 17.7 Å². The molecule has 1 saturated heterocycles. The normalized spacial score (nSPS) is 20.5. The second kappa shape index (κ2) is 13.8. The molecule has 0 saturated carbocycles. The number of benzene rings is 4. The Balaban J connectivity index is 1.46. The smallest absolute Gasteiger partial charge is 0.230 e. The summed E-state index contributed by atoms with van der Waals surface area (Å²) < 4.78 is 61.4. The molecule has 44 heavy (non-hydrogen) atoms. The van der Waals surface area contributed by atoms with Crippen molar-refractivity contribution in [3.05, 3.63) is 130 Å². The van der Waals surface area contributed by atoms with E-state index in [-0.39, 0.29) is 9.79 Å². The average Bonchev–Trinajstić information content (AvgIpc) is 3.28. The van der Waals surface area contributed by atoms with Crippen LogP contribution in [0.15, 0.2) is 107 Å². The van der Waals surface area contributed by atoms with Gasteiger partial charge < -0.3 is 14.9 Å². The van der Waals surface area contributed by atoms with Crippen LogP contribution >= 0.6 is 21.6 Å². The molecule has 4 atom stereocenters. The monoisotopic (exact) mass is 670 g/mol. The topological polar surface area (TPSA) is 118 Å². The molecule has 0 aliphatic carbocycles. The standard InChI is InChI=1S/C33H34O7S4/c1-22-13-15-26(19-24-9-5-3-6-10-24)29(17-22)43(36,37)41-31-28(21-34)40-33(35)32(31)42-44(38,39)30-18-23(2)14-16-27(30)20-25-11-7-4-8-12-25/h3-18,28,31-35H,19-21H2,1-2H3/t28-,31+,32+,33+/m1/s1. The van der Waals surface area contributed by atoms with E-state index in [0.717, 1.165) is 22.3 Å². The summed E-state index contributed by atoms with van der Waals surface area (Å²) in [5, 5.41) is 18.7. The van der Waals surface area contributed by atoms with E-state index in [1.54, 1.807) is 38.1 Å². The van der Waals surface area contributed by atoms with Crippen LogP contribution < -0.4 is 0 Å². The van der Waals surface area contributed by atoms with Crippen LogP contribution in [0.1, 0.15) is 33.4 Å². The van der Waals surface area contributed by atoms with Gasteiger partial charge in [0.15, 0.2) is 6.29 Å². The first-order chi connectivity index (χ1) is 21.0. The van der Waals surface area contributed by atoms with E-state index in [2.05, 4.69) is 0 Å². The van der Waals surface area contributed by atoms with Gasteiger partial charge in [-0.25, -0.2) is 16.8 Å². The number of aliphatic hydroxyl groups excluding tert-OH is 2. The van der Waals surface area contributed by atoms with Gasteiger partial charge in [0, 0.05) is 0 Å². The Bertz CT molecular complexity index is 1810. The lowest BCUT2D eigenvalue weighted by atomic mass is 10.0. The maximum absolute atomic E-state index is 14.0. The summed E-state index contributed by atoms with van der Waals surface area (Å²) in [6, 6.07) is 29.4. The largest absolute Gasteiger partial charge is 0.394 e. The van der Waals surface area contributed by atoms with Crippen molar-refractivity contribution in [3.63, 3.8) is 0 Å². The van der Waals surface area contributed by atoms with Crippen molar-refractivity contribution in [3.8, 4) is 0 Å². The SMILES string of the molecule is Cc1ccc(Cc2ccccc2)c(S(=O)(=O)S[C@@H]2[C@H](SS(=O)(=O)c3cc(C)ccc3Cc3ccccc3)[C@@H](O)O[C@@H]2CO)c1. The van der Waals surface area contributed by atoms with Crippen LogP contribution in [0, 0.1) is 13.8 Å². The zero-order valence-electron chi connectivity index (χ0n) is 24.2. The molecule has 0 radical (unpaired) electrons. The van der Waals surface area contributed by atoms with E-state index in [9.17, 15) is 27.0 Å². The van der Waals surface area contributed by atoms with E-state index >= 15 is 0 Å². The summed E-state index contributed by atoms with van der Waals surface area (Å²) >= 11 is 0. The molecule has 0 spiro atoms. The molecule has 1 aliphatic heterocycles. The molecule has 0 amide bonds. The summed E-state index contributed by atoms with van der Waals surface area (Å²) in [6.45, 7) is 3.01. The zero-order chi connectivity index (χ0) is 31.5. The minimum absolute atomic E-state index is 0.0986. The minimum Gasteiger partial charge on any atom is -0.394 e. The van der Waals surface area contributed by atoms with Crippen molar-refractivity contribution in [2.45, 2.75) is 59.4 Å². The molecule has 4 aromatic carbocycles. The van der Waals surface area contributed by atoms with Crippen LogP contribution in [0.5, 0.6) is 0 Å². The van der Waals surface area contributed by atoms with Crippen LogP contribution in [0.3, 0.4) is 0 Å². The third-order valence-corrected chi connectivity index (χ3v) is 15.4. The van der Waals surface area contributed by atoms with Crippen LogP contribution in [-0.4, -0.2) is 56.5 Å². The average molecular weight is 671 g/mol. The Morgan fingerprint density at radius 1 is 0.659 bits per heavy atom. The molecule has 232 valence electrons. The molecule has 0 unspecified atom stereocenters. The highest BCUT2D eigenvalue weighted by atomic mass is 33.1. The fraction of sp³-hybridized carbons (Fsp3) is 0.273. The Morgan fingerprint density at radius 2 is 1.09 bits per heavy atom. The van der Waals surface area contributed by atoms with E-state index in [0.29, 0.717) is 45.6 Å². The Kier molecular flexibility index (Phi) is 10.3. The highest BCUT2D eigenvalue weighted by Crippen LogP contribution is 2.46. The van der Waals surface area contributed by atoms with Gasteiger partial charge in [-0.1, -0.05) is 84.9 Å². The third kappa shape index (κ3) is 7.59. The van der Waals surface area contributed by atoms with Crippen LogP contribution in [-0.2, 0) is 35.3 Å². The highest BCUT2D eigenvalue weighted by molar-refractivity contribution is 8.74. The molecular weight excluding hydrogens is 637 g/mol. The number of hydrogen-bond acceptors (Lipinski definition) is 9. The number of ether oxygens (including phenoxy) is 1. The van der Waals surface area contributed by atoms with Crippen LogP contribution in [0.2, 0.25) is 0 Å². The minimum atomic E-state index is -4.10. The van der Waals surface area contributed by atoms with Gasteiger partial charge in [0.25, 0.3) is 0 Å². The van der Waals surface area contributed by atoms with Crippen molar-refractivity contribution in [2.75, 3.05) is 6.61 Å². The maximum atomic E-state index is 14.0. The zero-order valence-corrected chi connectivity index (χ0v) is 27.5. The molecule has 11 heteroatoms. The lowest BCUT2D eigenvalue weighted by molar-refractivity contribution is -0.0985. The van der Waals surface area contributed by atoms with Gasteiger partial charge in [-0.3, -0.25) is 0 Å². The van der Waals surface area contributed by atoms with Gasteiger partial charge in [-0.15, -0.1) is 0 Å². The highest BCUT2D eigenvalue weighted by Gasteiger charge is 2.49. The van der Waals surface area contributed by atoms with Crippen molar-refractivity contribution in [1.82, 2.24) is 0 Å². The van der Waals surface area contributed by atoms with Gasteiger partial charge in [0.05, 0.1) is 33.0 Å². The summed E-state index contributed by atoms with van der Waals surface area (Å²) in [7, 11) is -7.18. The third-order valence-electron chi connectivity index (χ3n) is 7.40. The number of rotatable bonds is 11. The Labute approximate surface area is 266 Å². The van der Waals surface area contributed by atoms with E-state index in [1.807, 2.05) is 72.8 Å². The van der Waals surface area contributed by atoms with Crippen molar-refractivity contribution < 1.29 is 31.8 Å². The molecule has 1 heterocycles. The van der Waals surface area contributed by atoms with Gasteiger partial charge in [-0.2, -0.15) is 0 Å². The molecule has 0 aromatic heterocycles. The molecule has 5 rings (SSSR count). The van der Waals surface area contributed by atoms with E-state index in [1.165, 1.54) is 0 Å². The summed E-state index contributed by atoms with van der Waals surface area (Å²) in [4.78, 5) is 0.210. The molecule has 1 aliphatic rings. The predicted octanol–water partition coefficient (Wildman–Crippen LogP) is 5.48. The summed E-state index contributed by atoms with van der Waals surface area (Å²) in [6.07, 6.45) is -1.94. The molecule has 0 bridgehead atoms. The first-order valence-corrected chi connectivity index (χ1v) is 19.8. The maximum Gasteiger partial charge on any atom is 0.230 e. The van der Waals surface area contributed by atoms with Gasteiger partial charge in [0.1, 0.15) is 0 Å². The van der Waals surface area contributed by atoms with E-state index in [4.69, 9.17) is 4.74 Å². The number of aliphatic hydroxyl groups is 2. The summed E-state index contributed by atoms with van der Waals surface area (Å²) in [5.41, 5.74) is 4.55. The lowest BCUT2D eigenvalue weighted by Gasteiger charge is -2.22. The van der Waals surface area contributed by atoms with Crippen molar-refractivity contribution in [2.24, 2.45) is 0 Å². The Hall–Kier alpha value is -2.64. The molecule has 2 N–H and O–H groups in total. The van der Waals surface area contributed by atoms with Crippen molar-refractivity contribution >= 4 is 39.3 Å². The van der Waals surface area contributed by atoms with E-state index < -0.39 is 47.2 Å². The van der Waals surface area contributed by atoms with Crippen LogP contribution in [0.4, 0.5) is 0 Å². The number of hydrogen-bond donors (Lipinski definition) is 2. The summed E-state index contributed by atoms with van der Waals surface area (Å²) in [5.74, 6) is 0. The second-order valence-electron chi connectivity index (χ2n) is 10.8. The Morgan fingerprint density at radius 3 is 1.52 bits per heavy atom. The first kappa shape index (κ1) is 32.7. The molecular formula is C33H34O7S4. The van der Waals surface area contributed by atoms with Crippen LogP contribution in [0.25, 0.3) is 0 Å². The number of aryl methyl sites for hydroxylation is 2. The molecule has 7 nitrogen and oxygen atoms in total. The van der Waals surface area contributed by atoms with Gasteiger partial charge >= 0.3 is 0 Å². The molecule has 4 aromatic rings. The first-order valence-electron chi connectivity index (χ1n) is 14.0. The van der Waals surface area contributed by atoms with Crippen molar-refractivity contribution in [1.29, 1.82) is 0 Å². The second-order valence-corrected chi connectivity index (χ2v) is 18.8. The fourth-order valence-electron chi connectivity index (χ4n) is 5.18. The molecule has 1 fully saturated rings. The van der Waals surface area contributed by atoms with Gasteiger partial charge in [-0.05, 0) is 93.8 Å². The quantitative estimate of drug-likeness (QED) is 0.200. The lowest BCUT2D eigenvalue weighted by Crippen LogP contribution is -2.32. The predicted molar refractivity (Wildman–Crippen MR) is 176 cm³/mol. The fourth-order valence-corrected chi connectivity index (χ4v) is 14.0.